The fourth-order valence-electron chi connectivity index (χ4n) is 12.1. The molecule has 0 atom stereocenters. The molecular formula is C76H50N4. The fraction of sp³-hybridized carbons (Fsp3) is 0.0132. The molecule has 0 saturated heterocycles. The van der Waals surface area contributed by atoms with E-state index < -0.39 is 0 Å². The SMILES string of the molecule is c1ccc(-c2ccc(-c3nc(-c4ccc(-c5ccccc5)cc4)nc(-c4cc(-c5ccccc5)c(-n5c6ccc(-c7ccccc7)cc6c6ccc(C7c8ccccc8-c8ccccc87)cc65)c(-c5ccccc5)c4)n3)cc2)cc1. The number of fused-ring (bicyclic) bond motifs is 6. The molecule has 0 N–H and O–H groups in total. The van der Waals surface area contributed by atoms with Gasteiger partial charge in [0.2, 0.25) is 0 Å². The van der Waals surface area contributed by atoms with E-state index in [0.29, 0.717) is 17.5 Å². The zero-order valence-corrected chi connectivity index (χ0v) is 43.7. The molecule has 1 aliphatic rings. The van der Waals surface area contributed by atoms with Crippen molar-refractivity contribution >= 4 is 21.8 Å². The van der Waals surface area contributed by atoms with E-state index in [0.717, 1.165) is 77.9 Å². The Hall–Kier alpha value is -10.6. The van der Waals surface area contributed by atoms with Crippen LogP contribution in [0.4, 0.5) is 0 Å². The fourth-order valence-corrected chi connectivity index (χ4v) is 12.1. The first-order chi connectivity index (χ1) is 39.7. The van der Waals surface area contributed by atoms with Crippen molar-refractivity contribution in [3.05, 3.63) is 314 Å². The van der Waals surface area contributed by atoms with E-state index in [4.69, 9.17) is 15.0 Å². The van der Waals surface area contributed by atoms with Crippen molar-refractivity contribution in [3.63, 3.8) is 0 Å². The summed E-state index contributed by atoms with van der Waals surface area (Å²) in [5, 5.41) is 2.37. The minimum absolute atomic E-state index is 0.0685. The van der Waals surface area contributed by atoms with Crippen LogP contribution in [-0.4, -0.2) is 19.5 Å². The minimum atomic E-state index is 0.0685. The molecule has 1 aliphatic carbocycles. The van der Waals surface area contributed by atoms with Gasteiger partial charge < -0.3 is 4.57 Å². The molecule has 0 bridgehead atoms. The van der Waals surface area contributed by atoms with Crippen LogP contribution in [0.5, 0.6) is 0 Å². The largest absolute Gasteiger partial charge is 0.308 e. The molecule has 0 spiro atoms. The van der Waals surface area contributed by atoms with E-state index in [9.17, 15) is 0 Å². The molecule has 12 aromatic carbocycles. The maximum Gasteiger partial charge on any atom is 0.164 e. The van der Waals surface area contributed by atoms with Gasteiger partial charge in [0, 0.05) is 44.5 Å². The van der Waals surface area contributed by atoms with E-state index in [1.165, 1.54) is 49.7 Å². The Kier molecular flexibility index (Phi) is 11.6. The third-order valence-corrected chi connectivity index (χ3v) is 16.0. The molecule has 15 rings (SSSR count). The topological polar surface area (TPSA) is 43.6 Å². The van der Waals surface area contributed by atoms with Crippen molar-refractivity contribution < 1.29 is 0 Å². The average Bonchev–Trinajstić information content (AvgIpc) is 4.27. The van der Waals surface area contributed by atoms with Crippen LogP contribution in [-0.2, 0) is 0 Å². The molecule has 4 nitrogen and oxygen atoms in total. The van der Waals surface area contributed by atoms with Crippen LogP contribution in [0.2, 0.25) is 0 Å². The summed E-state index contributed by atoms with van der Waals surface area (Å²) in [5.74, 6) is 1.85. The summed E-state index contributed by atoms with van der Waals surface area (Å²) in [4.78, 5) is 16.1. The molecule has 374 valence electrons. The van der Waals surface area contributed by atoms with E-state index in [-0.39, 0.29) is 5.92 Å². The summed E-state index contributed by atoms with van der Waals surface area (Å²) in [6.07, 6.45) is 0. The standard InChI is InChI=1S/C76H50N4/c1-6-20-50(21-7-1)53-34-38-57(39-35-53)74-77-75(58-40-36-54(37-41-58)51-22-8-2-9-23-51)79-76(78-74)61-47-67(55-26-12-4-13-27-55)73(68(48-61)56-28-14-5-15-29-56)80-70-45-43-59(52-24-10-3-11-25-52)46-69(70)64-44-42-60(49-71(64)80)72-65-32-18-16-30-62(65)63-31-17-19-33-66(63)72/h1-49,72H. The van der Waals surface area contributed by atoms with Crippen LogP contribution in [0.25, 0.3) is 128 Å². The molecule has 0 unspecified atom stereocenters. The molecule has 2 aromatic heterocycles. The van der Waals surface area contributed by atoms with Crippen LogP contribution in [0, 0.1) is 0 Å². The van der Waals surface area contributed by atoms with Gasteiger partial charge in [-0.3, -0.25) is 0 Å². The summed E-state index contributed by atoms with van der Waals surface area (Å²) in [5.41, 5.74) is 23.7. The number of benzene rings is 12. The molecule has 80 heavy (non-hydrogen) atoms. The molecule has 14 aromatic rings. The Morgan fingerprint density at radius 2 is 0.613 bits per heavy atom. The van der Waals surface area contributed by atoms with Crippen molar-refractivity contribution in [1.29, 1.82) is 0 Å². The molecular weight excluding hydrogens is 969 g/mol. The lowest BCUT2D eigenvalue weighted by Crippen LogP contribution is -2.05. The van der Waals surface area contributed by atoms with Crippen molar-refractivity contribution in [2.45, 2.75) is 5.92 Å². The van der Waals surface area contributed by atoms with Gasteiger partial charge in [-0.05, 0) is 103 Å². The zero-order chi connectivity index (χ0) is 52.9. The lowest BCUT2D eigenvalue weighted by molar-refractivity contribution is 1.02. The molecule has 2 heterocycles. The van der Waals surface area contributed by atoms with Crippen LogP contribution in [0.3, 0.4) is 0 Å². The van der Waals surface area contributed by atoms with Crippen LogP contribution in [0.1, 0.15) is 22.6 Å². The quantitative estimate of drug-likeness (QED) is 0.137. The summed E-state index contributed by atoms with van der Waals surface area (Å²) in [7, 11) is 0. The van der Waals surface area contributed by atoms with Gasteiger partial charge in [0.25, 0.3) is 0 Å². The van der Waals surface area contributed by atoms with Crippen molar-refractivity contribution in [1.82, 2.24) is 19.5 Å². The number of hydrogen-bond donors (Lipinski definition) is 0. The Balaban J connectivity index is 0.991. The van der Waals surface area contributed by atoms with Gasteiger partial charge in [-0.1, -0.05) is 267 Å². The van der Waals surface area contributed by atoms with E-state index in [1.807, 2.05) is 12.1 Å². The maximum atomic E-state index is 5.43. The predicted molar refractivity (Wildman–Crippen MR) is 330 cm³/mol. The van der Waals surface area contributed by atoms with Gasteiger partial charge in [-0.2, -0.15) is 0 Å². The number of hydrogen-bond acceptors (Lipinski definition) is 3. The van der Waals surface area contributed by atoms with Gasteiger partial charge in [0.1, 0.15) is 0 Å². The summed E-state index contributed by atoms with van der Waals surface area (Å²) >= 11 is 0. The number of rotatable bonds is 10. The number of aromatic nitrogens is 4. The van der Waals surface area contributed by atoms with Crippen LogP contribution in [0.15, 0.2) is 297 Å². The lowest BCUT2D eigenvalue weighted by atomic mass is 9.88. The van der Waals surface area contributed by atoms with Gasteiger partial charge in [-0.15, -0.1) is 0 Å². The zero-order valence-electron chi connectivity index (χ0n) is 43.7. The highest BCUT2D eigenvalue weighted by Crippen LogP contribution is 2.50. The van der Waals surface area contributed by atoms with Crippen LogP contribution < -0.4 is 0 Å². The van der Waals surface area contributed by atoms with E-state index in [1.54, 1.807) is 0 Å². The van der Waals surface area contributed by atoms with Crippen LogP contribution >= 0.6 is 0 Å². The van der Waals surface area contributed by atoms with E-state index >= 15 is 0 Å². The second-order valence-corrected chi connectivity index (χ2v) is 20.7. The maximum absolute atomic E-state index is 5.43. The summed E-state index contributed by atoms with van der Waals surface area (Å²) in [6, 6.07) is 107. The summed E-state index contributed by atoms with van der Waals surface area (Å²) in [6.45, 7) is 0. The molecule has 0 aliphatic heterocycles. The van der Waals surface area contributed by atoms with Crippen molar-refractivity contribution in [2.24, 2.45) is 0 Å². The average molecular weight is 1020 g/mol. The Morgan fingerprint density at radius 1 is 0.237 bits per heavy atom. The molecule has 0 amide bonds. The molecule has 0 fully saturated rings. The highest BCUT2D eigenvalue weighted by atomic mass is 15.0. The molecule has 4 heteroatoms. The normalized spacial score (nSPS) is 11.9. The third kappa shape index (κ3) is 8.30. The predicted octanol–water partition coefficient (Wildman–Crippen LogP) is 19.5. The number of nitrogens with zero attached hydrogens (tertiary/aromatic N) is 4. The second kappa shape index (κ2) is 19.8. The second-order valence-electron chi connectivity index (χ2n) is 20.7. The van der Waals surface area contributed by atoms with Crippen molar-refractivity contribution in [2.75, 3.05) is 0 Å². The third-order valence-electron chi connectivity index (χ3n) is 16.0. The molecule has 0 saturated carbocycles. The van der Waals surface area contributed by atoms with E-state index in [2.05, 4.69) is 290 Å². The van der Waals surface area contributed by atoms with Gasteiger partial charge in [0.05, 0.1) is 16.7 Å². The summed E-state index contributed by atoms with van der Waals surface area (Å²) < 4.78 is 2.54. The van der Waals surface area contributed by atoms with Gasteiger partial charge in [0.15, 0.2) is 17.5 Å². The monoisotopic (exact) mass is 1020 g/mol. The van der Waals surface area contributed by atoms with Gasteiger partial charge in [-0.25, -0.2) is 15.0 Å². The highest BCUT2D eigenvalue weighted by molar-refractivity contribution is 6.12. The first kappa shape index (κ1) is 46.7. The Bertz CT molecular complexity index is 4380. The minimum Gasteiger partial charge on any atom is -0.308 e. The smallest absolute Gasteiger partial charge is 0.164 e. The van der Waals surface area contributed by atoms with Crippen molar-refractivity contribution in [3.8, 4) is 107 Å². The first-order valence-corrected chi connectivity index (χ1v) is 27.4. The Morgan fingerprint density at radius 3 is 1.09 bits per heavy atom. The first-order valence-electron chi connectivity index (χ1n) is 27.4. The van der Waals surface area contributed by atoms with Gasteiger partial charge >= 0.3 is 0 Å². The Labute approximate surface area is 465 Å². The highest BCUT2D eigenvalue weighted by Gasteiger charge is 2.31. The molecule has 0 radical (unpaired) electrons. The lowest BCUT2D eigenvalue weighted by Gasteiger charge is -2.22.